The van der Waals surface area contributed by atoms with Gasteiger partial charge in [0.15, 0.2) is 0 Å². The lowest BCUT2D eigenvalue weighted by Crippen LogP contribution is -2.35. The van der Waals surface area contributed by atoms with E-state index in [0.717, 1.165) is 24.8 Å². The number of benzene rings is 2. The van der Waals surface area contributed by atoms with E-state index in [2.05, 4.69) is 10.6 Å². The minimum Gasteiger partial charge on any atom is -0.489 e. The Morgan fingerprint density at radius 1 is 1.06 bits per heavy atom. The molecule has 1 aliphatic rings. The zero-order chi connectivity index (χ0) is 24.7. The number of piperidine rings is 1. The highest BCUT2D eigenvalue weighted by Crippen LogP contribution is 2.31. The van der Waals surface area contributed by atoms with Gasteiger partial charge in [-0.25, -0.2) is 8.42 Å². The minimum atomic E-state index is -3.66. The molecule has 34 heavy (non-hydrogen) atoms. The van der Waals surface area contributed by atoms with E-state index in [0.29, 0.717) is 30.1 Å². The van der Waals surface area contributed by atoms with Crippen LogP contribution in [0.2, 0.25) is 0 Å². The number of carbonyl (C=O) groups is 2. The molecule has 0 spiro atoms. The first-order chi connectivity index (χ1) is 16.2. The van der Waals surface area contributed by atoms with Crippen molar-refractivity contribution >= 4 is 27.5 Å². The highest BCUT2D eigenvalue weighted by molar-refractivity contribution is 7.89. The molecule has 8 nitrogen and oxygen atoms in total. The van der Waals surface area contributed by atoms with Crippen molar-refractivity contribution < 1.29 is 22.7 Å². The number of sulfonamides is 1. The molecule has 1 fully saturated rings. The average molecular weight is 488 g/mol. The van der Waals surface area contributed by atoms with Crippen LogP contribution in [0.4, 0.5) is 5.69 Å². The van der Waals surface area contributed by atoms with Gasteiger partial charge < -0.3 is 15.4 Å². The van der Waals surface area contributed by atoms with Gasteiger partial charge in [-0.1, -0.05) is 24.1 Å². The van der Waals surface area contributed by atoms with Crippen LogP contribution in [0.3, 0.4) is 0 Å². The van der Waals surface area contributed by atoms with Gasteiger partial charge in [-0.2, -0.15) is 4.31 Å². The second kappa shape index (κ2) is 11.5. The van der Waals surface area contributed by atoms with Crippen molar-refractivity contribution in [2.75, 3.05) is 25.0 Å². The summed E-state index contributed by atoms with van der Waals surface area (Å²) in [6.07, 6.45) is 2.57. The number of hydrogen-bond acceptors (Lipinski definition) is 5. The van der Waals surface area contributed by atoms with Crippen molar-refractivity contribution in [3.8, 4) is 5.75 Å². The number of hydrogen-bond donors (Lipinski definition) is 2. The van der Waals surface area contributed by atoms with Crippen LogP contribution < -0.4 is 15.4 Å². The fourth-order valence-electron chi connectivity index (χ4n) is 3.77. The van der Waals surface area contributed by atoms with Crippen LogP contribution in [0.5, 0.6) is 5.75 Å². The Morgan fingerprint density at radius 3 is 2.47 bits per heavy atom. The van der Waals surface area contributed by atoms with E-state index >= 15 is 0 Å². The zero-order valence-electron chi connectivity index (χ0n) is 20.0. The first-order valence-electron chi connectivity index (χ1n) is 11.6. The smallest absolute Gasteiger partial charge is 0.251 e. The summed E-state index contributed by atoms with van der Waals surface area (Å²) in [5.74, 6) is -0.217. The first kappa shape index (κ1) is 25.7. The predicted molar refractivity (Wildman–Crippen MR) is 132 cm³/mol. The molecular formula is C25H33N3O5S. The largest absolute Gasteiger partial charge is 0.489 e. The van der Waals surface area contributed by atoms with E-state index in [1.807, 2.05) is 26.8 Å². The predicted octanol–water partition coefficient (Wildman–Crippen LogP) is 3.72. The van der Waals surface area contributed by atoms with Crippen LogP contribution in [-0.2, 0) is 14.8 Å². The maximum atomic E-state index is 13.1. The molecule has 0 bridgehead atoms. The van der Waals surface area contributed by atoms with E-state index in [1.165, 1.54) is 16.4 Å². The summed E-state index contributed by atoms with van der Waals surface area (Å²) in [5, 5.41) is 5.49. The summed E-state index contributed by atoms with van der Waals surface area (Å²) in [4.78, 5) is 25.0. The van der Waals surface area contributed by atoms with Gasteiger partial charge in [0, 0.05) is 31.6 Å². The maximum Gasteiger partial charge on any atom is 0.251 e. The third-order valence-electron chi connectivity index (χ3n) is 5.46. The average Bonchev–Trinajstić information content (AvgIpc) is 2.80. The van der Waals surface area contributed by atoms with Crippen LogP contribution in [0.25, 0.3) is 0 Å². The van der Waals surface area contributed by atoms with Crippen molar-refractivity contribution in [2.45, 2.75) is 57.5 Å². The van der Waals surface area contributed by atoms with Crippen LogP contribution in [-0.4, -0.2) is 50.3 Å². The number of nitrogens with zero attached hydrogens (tertiary/aromatic N) is 1. The number of amides is 2. The van der Waals surface area contributed by atoms with Crippen LogP contribution in [0, 0.1) is 6.92 Å². The molecule has 3 rings (SSSR count). The molecule has 0 saturated carbocycles. The quantitative estimate of drug-likeness (QED) is 0.561. The highest BCUT2D eigenvalue weighted by atomic mass is 32.2. The number of rotatable bonds is 9. The van der Waals surface area contributed by atoms with Crippen molar-refractivity contribution in [1.82, 2.24) is 9.62 Å². The summed E-state index contributed by atoms with van der Waals surface area (Å²) in [6, 6.07) is 11.7. The fourth-order valence-corrected chi connectivity index (χ4v) is 5.31. The Morgan fingerprint density at radius 2 is 1.79 bits per heavy atom. The van der Waals surface area contributed by atoms with Gasteiger partial charge in [-0.15, -0.1) is 0 Å². The highest BCUT2D eigenvalue weighted by Gasteiger charge is 2.27. The Balaban J connectivity index is 1.69. The number of nitrogens with one attached hydrogen (secondary N) is 2. The normalized spacial score (nSPS) is 14.6. The van der Waals surface area contributed by atoms with E-state index in [4.69, 9.17) is 4.74 Å². The van der Waals surface area contributed by atoms with E-state index in [-0.39, 0.29) is 35.8 Å². The lowest BCUT2D eigenvalue weighted by Gasteiger charge is -2.26. The summed E-state index contributed by atoms with van der Waals surface area (Å²) in [5.41, 5.74) is 1.80. The lowest BCUT2D eigenvalue weighted by molar-refractivity contribution is -0.116. The molecule has 2 N–H and O–H groups in total. The molecule has 1 heterocycles. The van der Waals surface area contributed by atoms with Crippen molar-refractivity contribution in [3.05, 3.63) is 53.6 Å². The Kier molecular flexibility index (Phi) is 8.68. The topological polar surface area (TPSA) is 105 Å². The summed E-state index contributed by atoms with van der Waals surface area (Å²) >= 11 is 0. The molecule has 1 aliphatic heterocycles. The zero-order valence-corrected chi connectivity index (χ0v) is 20.8. The number of anilines is 1. The van der Waals surface area contributed by atoms with Gasteiger partial charge in [0.1, 0.15) is 5.75 Å². The molecule has 0 atom stereocenters. The molecule has 0 radical (unpaired) electrons. The van der Waals surface area contributed by atoms with Crippen molar-refractivity contribution in [1.29, 1.82) is 0 Å². The maximum absolute atomic E-state index is 13.1. The van der Waals surface area contributed by atoms with E-state index in [1.54, 1.807) is 24.3 Å². The molecule has 1 saturated heterocycles. The molecule has 2 aromatic carbocycles. The molecule has 0 aromatic heterocycles. The molecular weight excluding hydrogens is 454 g/mol. The van der Waals surface area contributed by atoms with Gasteiger partial charge >= 0.3 is 0 Å². The van der Waals surface area contributed by atoms with E-state index in [9.17, 15) is 18.0 Å². The van der Waals surface area contributed by atoms with E-state index < -0.39 is 10.0 Å². The lowest BCUT2D eigenvalue weighted by atomic mass is 10.1. The number of aryl methyl sites for hydroxylation is 1. The van der Waals surface area contributed by atoms with Gasteiger partial charge in [0.2, 0.25) is 15.9 Å². The summed E-state index contributed by atoms with van der Waals surface area (Å²) in [7, 11) is -3.66. The van der Waals surface area contributed by atoms with Crippen LogP contribution >= 0.6 is 0 Å². The van der Waals surface area contributed by atoms with Crippen LogP contribution in [0.1, 0.15) is 55.5 Å². The Bertz CT molecular complexity index is 1130. The van der Waals surface area contributed by atoms with Crippen LogP contribution in [0.15, 0.2) is 47.4 Å². The molecule has 2 amide bonds. The van der Waals surface area contributed by atoms with Crippen molar-refractivity contribution in [2.24, 2.45) is 0 Å². The number of carbonyl (C=O) groups excluding carboxylic acids is 2. The number of ether oxygens (including phenoxy) is 1. The van der Waals surface area contributed by atoms with Gasteiger partial charge in [0.25, 0.3) is 5.91 Å². The first-order valence-corrected chi connectivity index (χ1v) is 13.1. The molecule has 9 heteroatoms. The molecule has 0 unspecified atom stereocenters. The van der Waals surface area contributed by atoms with Gasteiger partial charge in [-0.05, 0) is 63.9 Å². The van der Waals surface area contributed by atoms with Crippen molar-refractivity contribution in [3.63, 3.8) is 0 Å². The standard InChI is InChI=1S/C25H33N3O5S/c1-18(2)33-23-11-10-21(34(31,32)28-14-5-4-6-15-28)17-22(23)27-24(29)12-13-26-25(30)20-9-7-8-19(3)16-20/h7-11,16-18H,4-6,12-15H2,1-3H3,(H,26,30)(H,27,29). The fraction of sp³-hybridized carbons (Fsp3) is 0.440. The monoisotopic (exact) mass is 487 g/mol. The third kappa shape index (κ3) is 6.80. The second-order valence-electron chi connectivity index (χ2n) is 8.71. The second-order valence-corrected chi connectivity index (χ2v) is 10.7. The Labute approximate surface area is 201 Å². The minimum absolute atomic E-state index is 0.0295. The third-order valence-corrected chi connectivity index (χ3v) is 7.35. The summed E-state index contributed by atoms with van der Waals surface area (Å²) in [6.45, 7) is 6.74. The molecule has 184 valence electrons. The Hall–Kier alpha value is -2.91. The van der Waals surface area contributed by atoms with Gasteiger partial charge in [-0.3, -0.25) is 9.59 Å². The molecule has 2 aromatic rings. The molecule has 0 aliphatic carbocycles. The van der Waals surface area contributed by atoms with Gasteiger partial charge in [0.05, 0.1) is 16.7 Å². The SMILES string of the molecule is Cc1cccc(C(=O)NCCC(=O)Nc2cc(S(=O)(=O)N3CCCCC3)ccc2OC(C)C)c1. The summed E-state index contributed by atoms with van der Waals surface area (Å²) < 4.78 is 33.4.